The monoisotopic (exact) mass is 504 g/mol. The Kier molecular flexibility index (Phi) is 6.61. The highest BCUT2D eigenvalue weighted by molar-refractivity contribution is 7.13. The molecule has 1 saturated heterocycles. The number of para-hydroxylation sites is 1. The van der Waals surface area contributed by atoms with Crippen molar-refractivity contribution in [2.24, 2.45) is 7.05 Å². The van der Waals surface area contributed by atoms with Gasteiger partial charge in [-0.3, -0.25) is 23.6 Å². The number of benzene rings is 1. The first-order valence-corrected chi connectivity index (χ1v) is 12.5. The lowest BCUT2D eigenvalue weighted by Crippen LogP contribution is -2.44. The Balaban J connectivity index is 1.67. The Morgan fingerprint density at radius 1 is 1.17 bits per heavy atom. The second-order valence-electron chi connectivity index (χ2n) is 9.02. The molecule has 1 aromatic carbocycles. The average molecular weight is 505 g/mol. The summed E-state index contributed by atoms with van der Waals surface area (Å²) >= 11 is 0. The van der Waals surface area contributed by atoms with Crippen LogP contribution in [0.15, 0.2) is 33.9 Å². The van der Waals surface area contributed by atoms with Crippen LogP contribution in [0.1, 0.15) is 31.3 Å². The molecule has 0 aliphatic carbocycles. The molecule has 4 aromatic rings. The topological polar surface area (TPSA) is 103 Å². The van der Waals surface area contributed by atoms with Crippen molar-refractivity contribution in [2.45, 2.75) is 45.8 Å². The summed E-state index contributed by atoms with van der Waals surface area (Å²) in [5, 5.41) is 4.20. The van der Waals surface area contributed by atoms with Crippen LogP contribution in [0, 0.1) is 18.8 Å². The molecule has 0 bridgehead atoms. The summed E-state index contributed by atoms with van der Waals surface area (Å²) in [6, 6.07) is 7.99. The molecule has 1 fully saturated rings. The first-order chi connectivity index (χ1) is 17.4. The van der Waals surface area contributed by atoms with E-state index in [0.29, 0.717) is 35.5 Å². The number of anilines is 1. The molecule has 4 heterocycles. The quantitative estimate of drug-likeness (QED) is 0.325. The number of rotatable bonds is 5. The van der Waals surface area contributed by atoms with E-state index in [4.69, 9.17) is 4.98 Å². The van der Waals surface area contributed by atoms with Crippen molar-refractivity contribution in [3.05, 3.63) is 56.6 Å². The largest absolute Gasteiger partial charge is 0.341 e. The van der Waals surface area contributed by atoms with Gasteiger partial charge in [-0.2, -0.15) is 4.98 Å². The van der Waals surface area contributed by atoms with Gasteiger partial charge in [0.15, 0.2) is 11.2 Å². The second-order valence-corrected chi connectivity index (χ2v) is 9.36. The Morgan fingerprint density at radius 2 is 1.97 bits per heavy atom. The maximum Gasteiger partial charge on any atom is 0.332 e. The van der Waals surface area contributed by atoms with Crippen LogP contribution in [0.25, 0.3) is 22.1 Å². The standard InChI is InChI=1S/C25H29N8O2P/c1-4-5-13-32-21-22(28-24(32)31-12-8-9-17(14-31)29-36)30(3)25(35)33(23(21)34)15-20-26-16(2)18-10-6-7-11-19(18)27-20/h6-7,10-11,17,29H,8-9,12-15,36H2,1-3H3/t17-/m1/s1. The molecule has 0 saturated carbocycles. The highest BCUT2D eigenvalue weighted by atomic mass is 31.0. The molecule has 2 atom stereocenters. The molecule has 1 unspecified atom stereocenters. The lowest BCUT2D eigenvalue weighted by Gasteiger charge is -2.33. The van der Waals surface area contributed by atoms with Crippen LogP contribution < -0.4 is 21.2 Å². The number of hydrogen-bond acceptors (Lipinski definition) is 7. The molecule has 11 heteroatoms. The number of nitrogens with one attached hydrogen (secondary N) is 1. The lowest BCUT2D eigenvalue weighted by molar-refractivity contribution is 0.476. The minimum absolute atomic E-state index is 0.0319. The molecule has 10 nitrogen and oxygen atoms in total. The predicted octanol–water partition coefficient (Wildman–Crippen LogP) is 1.57. The van der Waals surface area contributed by atoms with Gasteiger partial charge in [0.2, 0.25) is 5.95 Å². The molecular formula is C25H29N8O2P. The Hall–Kier alpha value is -3.54. The molecule has 0 spiro atoms. The van der Waals surface area contributed by atoms with Gasteiger partial charge in [0.1, 0.15) is 5.82 Å². The molecule has 1 aliphatic rings. The van der Waals surface area contributed by atoms with Crippen molar-refractivity contribution in [2.75, 3.05) is 18.0 Å². The van der Waals surface area contributed by atoms with Crippen molar-refractivity contribution >= 4 is 37.4 Å². The van der Waals surface area contributed by atoms with Crippen LogP contribution in [0.2, 0.25) is 0 Å². The van der Waals surface area contributed by atoms with Crippen LogP contribution in [-0.2, 0) is 20.1 Å². The predicted molar refractivity (Wildman–Crippen MR) is 144 cm³/mol. The van der Waals surface area contributed by atoms with Crippen LogP contribution in [0.3, 0.4) is 0 Å². The van der Waals surface area contributed by atoms with E-state index in [0.717, 1.165) is 42.5 Å². The fourth-order valence-corrected chi connectivity index (χ4v) is 5.12. The minimum Gasteiger partial charge on any atom is -0.341 e. The highest BCUT2D eigenvalue weighted by Gasteiger charge is 2.27. The first-order valence-electron chi connectivity index (χ1n) is 12.0. The van der Waals surface area contributed by atoms with Gasteiger partial charge >= 0.3 is 5.69 Å². The Morgan fingerprint density at radius 3 is 2.75 bits per heavy atom. The van der Waals surface area contributed by atoms with Crippen molar-refractivity contribution in [3.8, 4) is 11.8 Å². The van der Waals surface area contributed by atoms with E-state index in [2.05, 4.69) is 41.2 Å². The van der Waals surface area contributed by atoms with Gasteiger partial charge in [0.25, 0.3) is 5.56 Å². The maximum absolute atomic E-state index is 13.8. The number of fused-ring (bicyclic) bond motifs is 2. The maximum atomic E-state index is 13.8. The number of hydrogen-bond donors (Lipinski definition) is 1. The molecule has 0 amide bonds. The summed E-state index contributed by atoms with van der Waals surface area (Å²) in [6.45, 7) is 5.50. The molecule has 5 rings (SSSR count). The van der Waals surface area contributed by atoms with E-state index in [-0.39, 0.29) is 6.54 Å². The van der Waals surface area contributed by atoms with E-state index >= 15 is 0 Å². The summed E-state index contributed by atoms with van der Waals surface area (Å²) in [6.07, 6.45) is 2.06. The van der Waals surface area contributed by atoms with Crippen molar-refractivity contribution < 1.29 is 0 Å². The summed E-state index contributed by atoms with van der Waals surface area (Å²) in [5.74, 6) is 7.05. The molecule has 1 aliphatic heterocycles. The molecule has 36 heavy (non-hydrogen) atoms. The fraction of sp³-hybridized carbons (Fsp3) is 0.400. The Bertz CT molecular complexity index is 1640. The number of aromatic nitrogens is 6. The minimum atomic E-state index is -0.456. The van der Waals surface area contributed by atoms with Gasteiger partial charge in [-0.1, -0.05) is 33.5 Å². The first kappa shape index (κ1) is 24.2. The summed E-state index contributed by atoms with van der Waals surface area (Å²) in [4.78, 5) is 43.3. The molecular weight excluding hydrogens is 475 g/mol. The molecule has 1 N–H and O–H groups in total. The number of imidazole rings is 1. The third-order valence-corrected chi connectivity index (χ3v) is 7.18. The van der Waals surface area contributed by atoms with Crippen molar-refractivity contribution in [1.82, 2.24) is 33.7 Å². The molecule has 0 radical (unpaired) electrons. The van der Waals surface area contributed by atoms with Crippen LogP contribution >= 0.6 is 9.39 Å². The lowest BCUT2D eigenvalue weighted by atomic mass is 10.1. The van der Waals surface area contributed by atoms with Crippen LogP contribution in [0.5, 0.6) is 0 Å². The summed E-state index contributed by atoms with van der Waals surface area (Å²) in [7, 11) is 4.22. The normalized spacial score (nSPS) is 15.9. The van der Waals surface area contributed by atoms with E-state index in [9.17, 15) is 9.59 Å². The van der Waals surface area contributed by atoms with E-state index in [1.165, 1.54) is 9.13 Å². The average Bonchev–Trinajstić information content (AvgIpc) is 3.28. The number of nitrogens with zero attached hydrogens (tertiary/aromatic N) is 7. The van der Waals surface area contributed by atoms with Gasteiger partial charge in [-0.15, -0.1) is 5.92 Å². The van der Waals surface area contributed by atoms with E-state index in [1.54, 1.807) is 14.0 Å². The molecule has 3 aromatic heterocycles. The third-order valence-electron chi connectivity index (χ3n) is 6.71. The number of aryl methyl sites for hydroxylation is 2. The molecule has 186 valence electrons. The van der Waals surface area contributed by atoms with Gasteiger partial charge in [-0.25, -0.2) is 14.8 Å². The summed E-state index contributed by atoms with van der Waals surface area (Å²) in [5.41, 5.74) is 1.41. The highest BCUT2D eigenvalue weighted by Crippen LogP contribution is 2.23. The van der Waals surface area contributed by atoms with E-state index in [1.807, 2.05) is 35.8 Å². The fourth-order valence-electron chi connectivity index (χ4n) is 4.85. The zero-order valence-electron chi connectivity index (χ0n) is 20.7. The van der Waals surface area contributed by atoms with Crippen LogP contribution in [0.4, 0.5) is 5.95 Å². The van der Waals surface area contributed by atoms with Gasteiger partial charge in [0, 0.05) is 37.3 Å². The zero-order chi connectivity index (χ0) is 25.4. The van der Waals surface area contributed by atoms with Crippen molar-refractivity contribution in [3.63, 3.8) is 0 Å². The van der Waals surface area contributed by atoms with Gasteiger partial charge in [0.05, 0.1) is 18.6 Å². The third kappa shape index (κ3) is 4.19. The smallest absolute Gasteiger partial charge is 0.332 e. The SMILES string of the molecule is CC#CCn1c(N2CCC[C@@H](NP)C2)nc2c1c(=O)n(Cc1nc(C)c3ccccc3n1)c(=O)n2C. The zero-order valence-corrected chi connectivity index (χ0v) is 21.8. The van der Waals surface area contributed by atoms with Crippen molar-refractivity contribution in [1.29, 1.82) is 0 Å². The number of piperidine rings is 1. The van der Waals surface area contributed by atoms with E-state index < -0.39 is 11.2 Å². The van der Waals surface area contributed by atoms with Gasteiger partial charge < -0.3 is 4.90 Å². The Labute approximate surface area is 210 Å². The van der Waals surface area contributed by atoms with Gasteiger partial charge in [-0.05, 0) is 32.8 Å². The second kappa shape index (κ2) is 9.84. The van der Waals surface area contributed by atoms with Crippen LogP contribution in [-0.4, -0.2) is 47.8 Å². The summed E-state index contributed by atoms with van der Waals surface area (Å²) < 4.78 is 4.46.